The summed E-state index contributed by atoms with van der Waals surface area (Å²) in [6.45, 7) is 3.21. The van der Waals surface area contributed by atoms with Gasteiger partial charge in [-0.2, -0.15) is 0 Å². The van der Waals surface area contributed by atoms with Gasteiger partial charge in [0.25, 0.3) is 11.6 Å². The number of carbonyl (C=O) groups excluding carboxylic acids is 1. The molecule has 1 amide bonds. The molecule has 2 aromatic carbocycles. The second kappa shape index (κ2) is 8.13. The minimum absolute atomic E-state index is 0.0592. The van der Waals surface area contributed by atoms with Gasteiger partial charge >= 0.3 is 6.01 Å². The highest BCUT2D eigenvalue weighted by Crippen LogP contribution is 2.30. The normalized spacial score (nSPS) is 11.7. The minimum atomic E-state index is -3.40. The molecule has 0 unspecified atom stereocenters. The molecule has 0 spiro atoms. The number of nitro groups is 1. The quantitative estimate of drug-likeness (QED) is 0.323. The van der Waals surface area contributed by atoms with Gasteiger partial charge in [-0.25, -0.2) is 8.42 Å². The van der Waals surface area contributed by atoms with Crippen molar-refractivity contribution in [2.75, 3.05) is 5.32 Å². The number of rotatable bonds is 6. The van der Waals surface area contributed by atoms with Crippen LogP contribution in [-0.4, -0.2) is 34.7 Å². The first kappa shape index (κ1) is 21.6. The van der Waals surface area contributed by atoms with Gasteiger partial charge < -0.3 is 4.42 Å². The Kier molecular flexibility index (Phi) is 5.48. The molecule has 0 fully saturated rings. The lowest BCUT2D eigenvalue weighted by Crippen LogP contribution is -2.13. The van der Waals surface area contributed by atoms with E-state index in [2.05, 4.69) is 15.5 Å². The Morgan fingerprint density at radius 3 is 2.50 bits per heavy atom. The first-order valence-electron chi connectivity index (χ1n) is 9.32. The number of nitro benzene ring substituents is 1. The van der Waals surface area contributed by atoms with E-state index in [1.807, 2.05) is 0 Å². The van der Waals surface area contributed by atoms with E-state index in [0.29, 0.717) is 15.8 Å². The van der Waals surface area contributed by atoms with Gasteiger partial charge in [-0.3, -0.25) is 20.2 Å². The molecule has 0 atom stereocenters. The van der Waals surface area contributed by atoms with Gasteiger partial charge in [0.2, 0.25) is 5.89 Å². The van der Waals surface area contributed by atoms with Crippen LogP contribution >= 0.6 is 11.3 Å². The SMILES string of the molecule is CC(C)S(=O)(=O)c1ccc(-c2nnc(NC(=O)c3cc4cc([N+](=O)[O-])ccc4s3)o2)cc1. The Morgan fingerprint density at radius 2 is 1.84 bits per heavy atom. The molecule has 2 aromatic heterocycles. The third-order valence-corrected chi connectivity index (χ3v) is 7.92. The summed E-state index contributed by atoms with van der Waals surface area (Å²) in [4.78, 5) is 23.5. The largest absolute Gasteiger partial charge is 0.403 e. The number of carbonyl (C=O) groups is 1. The Hall–Kier alpha value is -3.64. The van der Waals surface area contributed by atoms with Gasteiger partial charge in [0.1, 0.15) is 0 Å². The summed E-state index contributed by atoms with van der Waals surface area (Å²) in [5.41, 5.74) is 0.436. The molecule has 4 rings (SSSR count). The molecule has 2 heterocycles. The molecule has 12 heteroatoms. The lowest BCUT2D eigenvalue weighted by atomic mass is 10.2. The summed E-state index contributed by atoms with van der Waals surface area (Å²) in [7, 11) is -3.40. The number of sulfone groups is 1. The van der Waals surface area contributed by atoms with Crippen LogP contribution in [0.1, 0.15) is 23.5 Å². The van der Waals surface area contributed by atoms with Crippen LogP contribution in [0.3, 0.4) is 0 Å². The summed E-state index contributed by atoms with van der Waals surface area (Å²) in [6.07, 6.45) is 0. The lowest BCUT2D eigenvalue weighted by Gasteiger charge is -2.07. The number of thiophene rings is 1. The average Bonchev–Trinajstić information content (AvgIpc) is 3.40. The monoisotopic (exact) mass is 472 g/mol. The number of anilines is 1. The smallest absolute Gasteiger partial charge is 0.322 e. The van der Waals surface area contributed by atoms with Crippen LogP contribution in [0.4, 0.5) is 11.7 Å². The van der Waals surface area contributed by atoms with E-state index in [-0.39, 0.29) is 22.5 Å². The maximum absolute atomic E-state index is 12.5. The second-order valence-electron chi connectivity index (χ2n) is 7.07. The number of nitrogens with one attached hydrogen (secondary N) is 1. The Morgan fingerprint density at radius 1 is 1.12 bits per heavy atom. The third kappa shape index (κ3) is 4.09. The van der Waals surface area contributed by atoms with E-state index in [9.17, 15) is 23.3 Å². The highest BCUT2D eigenvalue weighted by Gasteiger charge is 2.20. The molecule has 0 radical (unpaired) electrons. The Bertz CT molecular complexity index is 1440. The van der Waals surface area contributed by atoms with E-state index in [0.717, 1.165) is 4.70 Å². The van der Waals surface area contributed by atoms with Gasteiger partial charge in [-0.1, -0.05) is 5.10 Å². The van der Waals surface area contributed by atoms with Crippen molar-refractivity contribution in [2.24, 2.45) is 0 Å². The number of non-ortho nitro benzene ring substituents is 1. The van der Waals surface area contributed by atoms with Crippen molar-refractivity contribution < 1.29 is 22.6 Å². The summed E-state index contributed by atoms with van der Waals surface area (Å²) >= 11 is 1.17. The zero-order chi connectivity index (χ0) is 23.0. The van der Waals surface area contributed by atoms with Crippen LogP contribution in [0.2, 0.25) is 0 Å². The molecule has 0 aliphatic carbocycles. The maximum Gasteiger partial charge on any atom is 0.322 e. The first-order chi connectivity index (χ1) is 15.1. The molecular formula is C20H16N4O6S2. The van der Waals surface area contributed by atoms with Gasteiger partial charge in [0.05, 0.1) is 19.9 Å². The number of fused-ring (bicyclic) bond motifs is 1. The number of amides is 1. The van der Waals surface area contributed by atoms with E-state index < -0.39 is 25.9 Å². The van der Waals surface area contributed by atoms with Crippen molar-refractivity contribution >= 4 is 48.9 Å². The maximum atomic E-state index is 12.5. The van der Waals surface area contributed by atoms with Crippen LogP contribution < -0.4 is 5.32 Å². The van der Waals surface area contributed by atoms with Crippen molar-refractivity contribution in [1.29, 1.82) is 0 Å². The van der Waals surface area contributed by atoms with Crippen molar-refractivity contribution in [2.45, 2.75) is 24.0 Å². The molecule has 0 saturated heterocycles. The molecule has 10 nitrogen and oxygen atoms in total. The molecule has 0 aliphatic heterocycles. The fraction of sp³-hybridized carbons (Fsp3) is 0.150. The van der Waals surface area contributed by atoms with Crippen LogP contribution in [-0.2, 0) is 9.84 Å². The zero-order valence-corrected chi connectivity index (χ0v) is 18.4. The second-order valence-corrected chi connectivity index (χ2v) is 10.7. The molecule has 0 aliphatic rings. The van der Waals surface area contributed by atoms with Crippen LogP contribution in [0.15, 0.2) is 57.8 Å². The van der Waals surface area contributed by atoms with Gasteiger partial charge in [0, 0.05) is 27.8 Å². The third-order valence-electron chi connectivity index (χ3n) is 4.63. The van der Waals surface area contributed by atoms with E-state index in [4.69, 9.17) is 4.42 Å². The molecule has 0 bridgehead atoms. The predicted octanol–water partition coefficient (Wildman–Crippen LogP) is 4.29. The number of nitrogens with zero attached hydrogens (tertiary/aromatic N) is 3. The van der Waals surface area contributed by atoms with Crippen LogP contribution in [0, 0.1) is 10.1 Å². The zero-order valence-electron chi connectivity index (χ0n) is 16.8. The van der Waals surface area contributed by atoms with Gasteiger partial charge in [-0.05, 0) is 50.2 Å². The number of hydrogen-bond donors (Lipinski definition) is 1. The minimum Gasteiger partial charge on any atom is -0.403 e. The van der Waals surface area contributed by atoms with Crippen LogP contribution in [0.25, 0.3) is 21.5 Å². The van der Waals surface area contributed by atoms with Gasteiger partial charge in [0.15, 0.2) is 9.84 Å². The van der Waals surface area contributed by atoms with Gasteiger partial charge in [-0.15, -0.1) is 16.4 Å². The topological polar surface area (TPSA) is 145 Å². The van der Waals surface area contributed by atoms with Crippen molar-refractivity contribution in [1.82, 2.24) is 10.2 Å². The van der Waals surface area contributed by atoms with E-state index in [1.165, 1.54) is 35.6 Å². The molecule has 1 N–H and O–H groups in total. The van der Waals surface area contributed by atoms with Crippen molar-refractivity contribution in [3.8, 4) is 11.5 Å². The Balaban J connectivity index is 1.51. The highest BCUT2D eigenvalue weighted by molar-refractivity contribution is 7.92. The van der Waals surface area contributed by atoms with Crippen molar-refractivity contribution in [3.05, 3.63) is 63.5 Å². The van der Waals surface area contributed by atoms with Crippen LogP contribution in [0.5, 0.6) is 0 Å². The molecule has 164 valence electrons. The molecule has 4 aromatic rings. The lowest BCUT2D eigenvalue weighted by molar-refractivity contribution is -0.384. The number of hydrogen-bond acceptors (Lipinski definition) is 9. The molecular weight excluding hydrogens is 456 g/mol. The summed E-state index contributed by atoms with van der Waals surface area (Å²) in [6, 6.07) is 11.8. The van der Waals surface area contributed by atoms with E-state index in [1.54, 1.807) is 38.1 Å². The predicted molar refractivity (Wildman–Crippen MR) is 118 cm³/mol. The van der Waals surface area contributed by atoms with E-state index >= 15 is 0 Å². The Labute approximate surface area is 186 Å². The fourth-order valence-corrected chi connectivity index (χ4v) is 4.86. The standard InChI is InChI=1S/C20H16N4O6S2/c1-11(2)32(28,29)15-6-3-12(4-7-15)19-22-23-20(30-19)21-18(25)17-10-13-9-14(24(26)27)5-8-16(13)31-17/h3-11H,1-2H3,(H,21,23,25). The highest BCUT2D eigenvalue weighted by atomic mass is 32.2. The summed E-state index contributed by atoms with van der Waals surface area (Å²) in [5, 5.41) is 21.1. The first-order valence-corrected chi connectivity index (χ1v) is 11.7. The molecule has 32 heavy (non-hydrogen) atoms. The number of aromatic nitrogens is 2. The summed E-state index contributed by atoms with van der Waals surface area (Å²) < 4.78 is 30.6. The summed E-state index contributed by atoms with van der Waals surface area (Å²) in [5.74, 6) is -0.386. The van der Waals surface area contributed by atoms with Crippen molar-refractivity contribution in [3.63, 3.8) is 0 Å². The average molecular weight is 473 g/mol. The fourth-order valence-electron chi connectivity index (χ4n) is 2.86. The number of benzene rings is 2. The molecule has 0 saturated carbocycles.